The normalized spacial score (nSPS) is 16.8. The van der Waals surface area contributed by atoms with E-state index in [9.17, 15) is 13.6 Å². The Morgan fingerprint density at radius 3 is 2.50 bits per heavy atom. The molecule has 3 heterocycles. The maximum absolute atomic E-state index is 14.6. The number of nitriles is 1. The van der Waals surface area contributed by atoms with Gasteiger partial charge < -0.3 is 15.0 Å². The Kier molecular flexibility index (Phi) is 6.22. The summed E-state index contributed by atoms with van der Waals surface area (Å²) in [4.78, 5) is 20.7. The molecule has 9 heteroatoms. The molecule has 0 unspecified atom stereocenters. The van der Waals surface area contributed by atoms with Crippen LogP contribution in [0.4, 0.5) is 14.6 Å². The van der Waals surface area contributed by atoms with Crippen molar-refractivity contribution in [2.24, 2.45) is 5.41 Å². The van der Waals surface area contributed by atoms with Crippen molar-refractivity contribution >= 4 is 5.82 Å². The average Bonchev–Trinajstić information content (AvgIpc) is 3.34. The lowest BCUT2D eigenvalue weighted by Crippen LogP contribution is -2.43. The molecule has 186 valence electrons. The van der Waals surface area contributed by atoms with E-state index < -0.39 is 11.6 Å². The van der Waals surface area contributed by atoms with Crippen LogP contribution in [-0.2, 0) is 0 Å². The lowest BCUT2D eigenvalue weighted by Gasteiger charge is -2.40. The fourth-order valence-corrected chi connectivity index (χ4v) is 5.29. The summed E-state index contributed by atoms with van der Waals surface area (Å²) in [5.74, 6) is -0.579. The number of aromatic nitrogens is 2. The van der Waals surface area contributed by atoms with Crippen molar-refractivity contribution < 1.29 is 13.5 Å². The summed E-state index contributed by atoms with van der Waals surface area (Å²) >= 11 is 0. The highest BCUT2D eigenvalue weighted by molar-refractivity contribution is 5.64. The number of nitrogens with one attached hydrogen (secondary N) is 1. The van der Waals surface area contributed by atoms with E-state index in [-0.39, 0.29) is 28.4 Å². The highest BCUT2D eigenvalue weighted by Crippen LogP contribution is 2.38. The number of ether oxygens (including phenoxy) is 1. The molecule has 1 N–H and O–H groups in total. The Morgan fingerprint density at radius 1 is 1.11 bits per heavy atom. The number of hydrogen-bond donors (Lipinski definition) is 1. The number of rotatable bonds is 4. The van der Waals surface area contributed by atoms with Crippen LogP contribution in [0.25, 0.3) is 17.1 Å². The molecule has 0 bridgehead atoms. The monoisotopic (exact) mass is 491 g/mol. The number of benzene rings is 2. The molecule has 5 rings (SSSR count). The van der Waals surface area contributed by atoms with Gasteiger partial charge in [-0.15, -0.1) is 0 Å². The summed E-state index contributed by atoms with van der Waals surface area (Å²) in [6, 6.07) is 10.1. The molecule has 2 saturated heterocycles. The molecule has 0 aliphatic carbocycles. The van der Waals surface area contributed by atoms with Gasteiger partial charge in [0.25, 0.3) is 5.56 Å². The van der Waals surface area contributed by atoms with Crippen LogP contribution in [0.2, 0.25) is 0 Å². The predicted molar refractivity (Wildman–Crippen MR) is 133 cm³/mol. The van der Waals surface area contributed by atoms with Gasteiger partial charge in [0.05, 0.1) is 23.9 Å². The van der Waals surface area contributed by atoms with Gasteiger partial charge in [-0.1, -0.05) is 0 Å². The summed E-state index contributed by atoms with van der Waals surface area (Å²) in [7, 11) is 1.36. The Bertz CT molecular complexity index is 1410. The van der Waals surface area contributed by atoms with Crippen molar-refractivity contribution in [3.63, 3.8) is 0 Å². The molecule has 2 aliphatic rings. The predicted octanol–water partition coefficient (Wildman–Crippen LogP) is 3.95. The summed E-state index contributed by atoms with van der Waals surface area (Å²) in [5.41, 5.74) is 0.808. The van der Waals surface area contributed by atoms with Gasteiger partial charge in [0.1, 0.15) is 23.5 Å². The van der Waals surface area contributed by atoms with Gasteiger partial charge in [0.2, 0.25) is 0 Å². The van der Waals surface area contributed by atoms with Gasteiger partial charge in [-0.25, -0.2) is 13.8 Å². The maximum atomic E-state index is 14.6. The van der Waals surface area contributed by atoms with Crippen molar-refractivity contribution in [1.82, 2.24) is 14.9 Å². The largest absolute Gasteiger partial charge is 0.494 e. The number of methoxy groups -OCH3 is 1. The summed E-state index contributed by atoms with van der Waals surface area (Å²) in [6.07, 6.45) is 3.14. The van der Waals surface area contributed by atoms with E-state index in [0.29, 0.717) is 22.4 Å². The second-order valence-electron chi connectivity index (χ2n) is 9.56. The second-order valence-corrected chi connectivity index (χ2v) is 9.56. The topological polar surface area (TPSA) is 83.2 Å². The van der Waals surface area contributed by atoms with E-state index in [1.165, 1.54) is 35.9 Å². The molecule has 0 radical (unpaired) electrons. The second kappa shape index (κ2) is 9.36. The zero-order valence-electron chi connectivity index (χ0n) is 20.3. The fourth-order valence-electron chi connectivity index (χ4n) is 5.29. The number of hydrogen-bond acceptors (Lipinski definition) is 6. The number of nitrogens with zero attached hydrogens (tertiary/aromatic N) is 4. The first kappa shape index (κ1) is 23.9. The molecule has 1 aromatic heterocycles. The zero-order chi connectivity index (χ0) is 25.4. The highest BCUT2D eigenvalue weighted by Gasteiger charge is 2.38. The first-order chi connectivity index (χ1) is 17.4. The van der Waals surface area contributed by atoms with Gasteiger partial charge in [-0.05, 0) is 68.5 Å². The Morgan fingerprint density at radius 2 is 1.89 bits per heavy atom. The minimum Gasteiger partial charge on any atom is -0.494 e. The maximum Gasteiger partial charge on any atom is 0.263 e. The minimum atomic E-state index is -0.715. The molecule has 0 saturated carbocycles. The van der Waals surface area contributed by atoms with Crippen LogP contribution in [0.5, 0.6) is 5.75 Å². The molecule has 0 atom stereocenters. The fraction of sp³-hybridized carbons (Fsp3) is 0.370. The van der Waals surface area contributed by atoms with Crippen LogP contribution in [0.15, 0.2) is 41.2 Å². The molecule has 36 heavy (non-hydrogen) atoms. The smallest absolute Gasteiger partial charge is 0.263 e. The van der Waals surface area contributed by atoms with Crippen LogP contribution in [0.1, 0.15) is 30.4 Å². The third-order valence-corrected chi connectivity index (χ3v) is 7.48. The van der Waals surface area contributed by atoms with Crippen LogP contribution in [0.3, 0.4) is 0 Å². The zero-order valence-corrected chi connectivity index (χ0v) is 20.3. The Hall–Kier alpha value is -3.77. The van der Waals surface area contributed by atoms with Crippen LogP contribution in [0, 0.1) is 35.3 Å². The molecule has 1 spiro atoms. The van der Waals surface area contributed by atoms with Crippen molar-refractivity contribution in [2.75, 3.05) is 38.2 Å². The van der Waals surface area contributed by atoms with Gasteiger partial charge in [0, 0.05) is 31.3 Å². The molecule has 7 nitrogen and oxygen atoms in total. The lowest BCUT2D eigenvalue weighted by molar-refractivity contribution is 0.247. The van der Waals surface area contributed by atoms with E-state index in [0.717, 1.165) is 45.4 Å². The van der Waals surface area contributed by atoms with E-state index >= 15 is 0 Å². The van der Waals surface area contributed by atoms with Crippen molar-refractivity contribution in [3.8, 4) is 28.9 Å². The van der Waals surface area contributed by atoms with E-state index in [2.05, 4.69) is 10.2 Å². The van der Waals surface area contributed by atoms with Gasteiger partial charge in [0.15, 0.2) is 11.6 Å². The summed E-state index contributed by atoms with van der Waals surface area (Å²) in [5, 5.41) is 12.6. The van der Waals surface area contributed by atoms with Gasteiger partial charge >= 0.3 is 0 Å². The number of piperidine rings is 1. The quantitative estimate of drug-likeness (QED) is 0.595. The Balaban J connectivity index is 1.65. The first-order valence-electron chi connectivity index (χ1n) is 12.0. The van der Waals surface area contributed by atoms with Crippen molar-refractivity contribution in [1.29, 1.82) is 5.26 Å². The SMILES string of the molecule is COc1ccc(-n2c(-c3ccc(C#N)c(F)c3)nc(N3CCC4(CCNC4)CC3)c(C)c2=O)cc1F. The molecular weight excluding hydrogens is 464 g/mol. The van der Waals surface area contributed by atoms with Crippen LogP contribution in [-0.4, -0.2) is 42.8 Å². The van der Waals surface area contributed by atoms with Gasteiger partial charge in [-0.3, -0.25) is 9.36 Å². The number of anilines is 1. The first-order valence-corrected chi connectivity index (χ1v) is 12.0. The van der Waals surface area contributed by atoms with E-state index in [1.807, 2.05) is 0 Å². The van der Waals surface area contributed by atoms with Gasteiger partial charge in [-0.2, -0.15) is 5.26 Å². The molecule has 0 amide bonds. The lowest BCUT2D eigenvalue weighted by atomic mass is 9.78. The van der Waals surface area contributed by atoms with Crippen LogP contribution >= 0.6 is 0 Å². The Labute approximate surface area is 208 Å². The summed E-state index contributed by atoms with van der Waals surface area (Å²) < 4.78 is 35.5. The molecule has 2 aliphatic heterocycles. The van der Waals surface area contributed by atoms with Crippen LogP contribution < -0.4 is 20.5 Å². The van der Waals surface area contributed by atoms with Crippen molar-refractivity contribution in [2.45, 2.75) is 26.2 Å². The molecule has 3 aromatic rings. The molecular formula is C27H27F2N5O2. The highest BCUT2D eigenvalue weighted by atomic mass is 19.1. The molecule has 2 fully saturated rings. The third kappa shape index (κ3) is 4.11. The van der Waals surface area contributed by atoms with E-state index in [4.69, 9.17) is 15.0 Å². The standard InChI is InChI=1S/C27H27F2N5O2/c1-17-24(33-11-8-27(9-12-33)7-10-31-16-27)32-25(18-3-4-19(15-30)21(28)13-18)34(26(17)35)20-5-6-23(36-2)22(29)14-20/h3-6,13-14,31H,7-12,16H2,1-2H3. The number of halogens is 2. The average molecular weight is 492 g/mol. The van der Waals surface area contributed by atoms with E-state index in [1.54, 1.807) is 25.1 Å². The summed E-state index contributed by atoms with van der Waals surface area (Å²) in [6.45, 7) is 5.27. The molecule has 2 aromatic carbocycles. The minimum absolute atomic E-state index is 0.0442. The van der Waals surface area contributed by atoms with Crippen molar-refractivity contribution in [3.05, 3.63) is 69.5 Å². The third-order valence-electron chi connectivity index (χ3n) is 7.48.